The SMILES string of the molecule is CCCc1cc(Cl)ccc1C1COc2ccc3cc2N(C1)CC1CCC1C(CC(=O)N(C)CC)CCCC(C)C(C)S(=O)NC3=O. The summed E-state index contributed by atoms with van der Waals surface area (Å²) in [5.41, 5.74) is 3.92. The van der Waals surface area contributed by atoms with E-state index in [1.165, 1.54) is 11.1 Å². The Bertz CT molecular complexity index is 1420. The molecule has 3 aliphatic rings. The highest BCUT2D eigenvalue weighted by molar-refractivity contribution is 7.84. The maximum Gasteiger partial charge on any atom is 0.263 e. The third kappa shape index (κ3) is 7.92. The molecule has 1 fully saturated rings. The summed E-state index contributed by atoms with van der Waals surface area (Å²) in [6, 6.07) is 11.8. The van der Waals surface area contributed by atoms with Crippen molar-refractivity contribution in [2.45, 2.75) is 90.2 Å². The summed E-state index contributed by atoms with van der Waals surface area (Å²) in [4.78, 5) is 30.9. The molecule has 2 aromatic carbocycles. The number of amides is 2. The highest BCUT2D eigenvalue weighted by Crippen LogP contribution is 2.46. The van der Waals surface area contributed by atoms with Gasteiger partial charge in [-0.3, -0.25) is 14.3 Å². The Balaban J connectivity index is 1.52. The minimum absolute atomic E-state index is 0.123. The Morgan fingerprint density at radius 2 is 1.89 bits per heavy atom. The molecular weight excluding hydrogens is 618 g/mol. The van der Waals surface area contributed by atoms with Crippen molar-refractivity contribution in [1.29, 1.82) is 0 Å². The van der Waals surface area contributed by atoms with Crippen LogP contribution in [0.2, 0.25) is 5.02 Å². The second kappa shape index (κ2) is 15.5. The average Bonchev–Trinajstić information content (AvgIpc) is 3.20. The Morgan fingerprint density at radius 3 is 2.61 bits per heavy atom. The molecule has 1 N–H and O–H groups in total. The molecule has 252 valence electrons. The van der Waals surface area contributed by atoms with Gasteiger partial charge in [0.05, 0.1) is 17.5 Å². The van der Waals surface area contributed by atoms with E-state index in [1.807, 2.05) is 44.0 Å². The van der Waals surface area contributed by atoms with Crippen LogP contribution in [0, 0.1) is 23.7 Å². The number of carbonyl (C=O) groups is 2. The first-order valence-electron chi connectivity index (χ1n) is 17.3. The van der Waals surface area contributed by atoms with Gasteiger partial charge in [0.1, 0.15) is 16.7 Å². The second-order valence-electron chi connectivity index (χ2n) is 13.9. The minimum atomic E-state index is -1.51. The van der Waals surface area contributed by atoms with Gasteiger partial charge < -0.3 is 14.5 Å². The predicted octanol–water partition coefficient (Wildman–Crippen LogP) is 7.39. The zero-order valence-corrected chi connectivity index (χ0v) is 29.8. The molecule has 9 heteroatoms. The Morgan fingerprint density at radius 1 is 1.09 bits per heavy atom. The normalized spacial score (nSPS) is 28.6. The zero-order chi connectivity index (χ0) is 33.0. The van der Waals surface area contributed by atoms with Gasteiger partial charge in [-0.1, -0.05) is 44.4 Å². The van der Waals surface area contributed by atoms with E-state index in [0.717, 1.165) is 74.5 Å². The molecule has 7 atom stereocenters. The molecule has 46 heavy (non-hydrogen) atoms. The van der Waals surface area contributed by atoms with Crippen LogP contribution in [0.25, 0.3) is 0 Å². The van der Waals surface area contributed by atoms with E-state index in [4.69, 9.17) is 16.3 Å². The molecule has 2 bridgehead atoms. The van der Waals surface area contributed by atoms with Crippen molar-refractivity contribution < 1.29 is 18.5 Å². The van der Waals surface area contributed by atoms with E-state index in [2.05, 4.69) is 35.6 Å². The third-order valence-electron chi connectivity index (χ3n) is 10.9. The molecule has 0 aromatic heterocycles. The van der Waals surface area contributed by atoms with Crippen molar-refractivity contribution in [1.82, 2.24) is 9.62 Å². The number of carbonyl (C=O) groups excluding carboxylic acids is 2. The van der Waals surface area contributed by atoms with Crippen LogP contribution in [0.3, 0.4) is 0 Å². The van der Waals surface area contributed by atoms with Gasteiger partial charge in [0.15, 0.2) is 0 Å². The fourth-order valence-electron chi connectivity index (χ4n) is 7.59. The van der Waals surface area contributed by atoms with Crippen molar-refractivity contribution in [2.75, 3.05) is 38.2 Å². The highest BCUT2D eigenvalue weighted by atomic mass is 35.5. The van der Waals surface area contributed by atoms with Crippen molar-refractivity contribution in [2.24, 2.45) is 23.7 Å². The van der Waals surface area contributed by atoms with Crippen LogP contribution in [0.5, 0.6) is 5.75 Å². The van der Waals surface area contributed by atoms with Crippen LogP contribution >= 0.6 is 11.6 Å². The quantitative estimate of drug-likeness (QED) is 0.347. The van der Waals surface area contributed by atoms with Crippen molar-refractivity contribution >= 4 is 40.1 Å². The summed E-state index contributed by atoms with van der Waals surface area (Å²) in [6.07, 6.45) is 7.70. The first-order valence-corrected chi connectivity index (χ1v) is 18.9. The van der Waals surface area contributed by atoms with E-state index < -0.39 is 11.0 Å². The van der Waals surface area contributed by atoms with Gasteiger partial charge in [-0.25, -0.2) is 4.21 Å². The lowest BCUT2D eigenvalue weighted by atomic mass is 9.64. The number of halogens is 1. The molecule has 2 aliphatic heterocycles. The summed E-state index contributed by atoms with van der Waals surface area (Å²) >= 11 is 6.44. The van der Waals surface area contributed by atoms with Crippen molar-refractivity contribution in [3.05, 3.63) is 58.1 Å². The van der Waals surface area contributed by atoms with E-state index >= 15 is 0 Å². The van der Waals surface area contributed by atoms with Gasteiger partial charge in [0.2, 0.25) is 5.91 Å². The predicted molar refractivity (Wildman–Crippen MR) is 188 cm³/mol. The number of benzene rings is 2. The number of fused-ring (bicyclic) bond motifs is 2. The van der Waals surface area contributed by atoms with Crippen LogP contribution in [-0.4, -0.2) is 59.5 Å². The topological polar surface area (TPSA) is 79.0 Å². The van der Waals surface area contributed by atoms with E-state index in [9.17, 15) is 13.8 Å². The van der Waals surface area contributed by atoms with E-state index in [0.29, 0.717) is 42.9 Å². The monoisotopic (exact) mass is 669 g/mol. The maximum absolute atomic E-state index is 13.4. The summed E-state index contributed by atoms with van der Waals surface area (Å²) in [5.74, 6) is 2.20. The summed E-state index contributed by atoms with van der Waals surface area (Å²) in [7, 11) is 0.389. The second-order valence-corrected chi connectivity index (χ2v) is 15.9. The highest BCUT2D eigenvalue weighted by Gasteiger charge is 2.40. The van der Waals surface area contributed by atoms with Crippen LogP contribution in [0.4, 0.5) is 5.69 Å². The maximum atomic E-state index is 13.4. The van der Waals surface area contributed by atoms with Crippen molar-refractivity contribution in [3.63, 3.8) is 0 Å². The van der Waals surface area contributed by atoms with E-state index in [1.54, 1.807) is 6.07 Å². The summed E-state index contributed by atoms with van der Waals surface area (Å²) in [5, 5.41) is 0.566. The fourth-order valence-corrected chi connectivity index (χ4v) is 8.83. The standard InChI is InChI=1S/C37H52ClN3O4S/c1-6-9-26-18-31(38)14-16-33(26)30-22-41-21-29-12-15-32(29)27(20-36(42)40(5)7-2)11-8-10-24(3)25(4)46(44)39-37(43)28-13-17-35(45-23-30)34(41)19-28/h13-14,16-19,24-25,27,29-30,32H,6-12,15,20-23H2,1-5H3,(H,39,43). The molecule has 1 saturated carbocycles. The number of aryl methyl sites for hydroxylation is 1. The van der Waals surface area contributed by atoms with E-state index in [-0.39, 0.29) is 28.9 Å². The Labute approximate surface area is 283 Å². The minimum Gasteiger partial charge on any atom is -0.491 e. The molecule has 0 saturated heterocycles. The van der Waals surface area contributed by atoms with Gasteiger partial charge in [0, 0.05) is 49.6 Å². The van der Waals surface area contributed by atoms with Crippen LogP contribution < -0.4 is 14.4 Å². The number of hydrogen-bond donors (Lipinski definition) is 1. The third-order valence-corrected chi connectivity index (χ3v) is 12.7. The van der Waals surface area contributed by atoms with Gasteiger partial charge >= 0.3 is 0 Å². The van der Waals surface area contributed by atoms with Gasteiger partial charge in [-0.05, 0) is 111 Å². The first kappa shape index (κ1) is 34.7. The number of hydrogen-bond acceptors (Lipinski definition) is 5. The first-order chi connectivity index (χ1) is 22.1. The lowest BCUT2D eigenvalue weighted by Crippen LogP contribution is -2.44. The lowest BCUT2D eigenvalue weighted by Gasteiger charge is -2.45. The van der Waals surface area contributed by atoms with Gasteiger partial charge in [0.25, 0.3) is 5.91 Å². The Kier molecular flexibility index (Phi) is 11.7. The molecule has 0 spiro atoms. The molecule has 7 nitrogen and oxygen atoms in total. The summed E-state index contributed by atoms with van der Waals surface area (Å²) < 4.78 is 22.6. The number of nitrogens with zero attached hydrogens (tertiary/aromatic N) is 2. The zero-order valence-electron chi connectivity index (χ0n) is 28.2. The van der Waals surface area contributed by atoms with Crippen LogP contribution in [-0.2, 0) is 22.2 Å². The molecule has 1 aliphatic carbocycles. The van der Waals surface area contributed by atoms with Crippen LogP contribution in [0.1, 0.15) is 100 Å². The number of nitrogens with one attached hydrogen (secondary N) is 1. The molecule has 2 aromatic rings. The summed E-state index contributed by atoms with van der Waals surface area (Å²) in [6.45, 7) is 11.1. The van der Waals surface area contributed by atoms with Crippen molar-refractivity contribution in [3.8, 4) is 5.75 Å². The average molecular weight is 670 g/mol. The number of ether oxygens (including phenoxy) is 1. The van der Waals surface area contributed by atoms with Gasteiger partial charge in [-0.2, -0.15) is 0 Å². The molecule has 5 rings (SSSR count). The number of rotatable bonds is 6. The Hall–Kier alpha value is -2.58. The fraction of sp³-hybridized carbons (Fsp3) is 0.622. The van der Waals surface area contributed by atoms with Gasteiger partial charge in [-0.15, -0.1) is 0 Å². The molecule has 2 heterocycles. The van der Waals surface area contributed by atoms with Crippen LogP contribution in [0.15, 0.2) is 36.4 Å². The molecule has 0 radical (unpaired) electrons. The largest absolute Gasteiger partial charge is 0.491 e. The lowest BCUT2D eigenvalue weighted by molar-refractivity contribution is -0.131. The molecular formula is C37H52ClN3O4S. The molecule has 2 amide bonds. The number of anilines is 1. The molecule has 7 unspecified atom stereocenters. The smallest absolute Gasteiger partial charge is 0.263 e.